The highest BCUT2D eigenvalue weighted by Crippen LogP contribution is 2.10. The number of hydrogen-bond acceptors (Lipinski definition) is 3. The minimum atomic E-state index is 0.358. The summed E-state index contributed by atoms with van der Waals surface area (Å²) in [7, 11) is 0. The zero-order valence-electron chi connectivity index (χ0n) is 9.41. The van der Waals surface area contributed by atoms with Gasteiger partial charge >= 0.3 is 0 Å². The highest BCUT2D eigenvalue weighted by atomic mass is 15.3. The number of hydrogen-bond donors (Lipinski definition) is 0. The molecule has 0 unspecified atom stereocenters. The Morgan fingerprint density at radius 1 is 1.19 bits per heavy atom. The third-order valence-corrected chi connectivity index (χ3v) is 2.21. The summed E-state index contributed by atoms with van der Waals surface area (Å²) >= 11 is 0. The van der Waals surface area contributed by atoms with Gasteiger partial charge in [-0.3, -0.25) is 4.68 Å². The van der Waals surface area contributed by atoms with E-state index >= 15 is 0 Å². The Bertz CT molecular complexity index is 471. The number of nitrogens with zero attached hydrogens (tertiary/aromatic N) is 4. The summed E-state index contributed by atoms with van der Waals surface area (Å²) in [6.45, 7) is 4.21. The Morgan fingerprint density at radius 2 is 2.06 bits per heavy atom. The fraction of sp³-hybridized carbons (Fsp3) is 0.250. The highest BCUT2D eigenvalue weighted by Gasteiger charge is 2.01. The van der Waals surface area contributed by atoms with Gasteiger partial charge in [-0.25, -0.2) is 0 Å². The van der Waals surface area contributed by atoms with Crippen molar-refractivity contribution in [3.8, 4) is 0 Å². The molecule has 0 fully saturated rings. The summed E-state index contributed by atoms with van der Waals surface area (Å²) < 4.78 is 1.97. The van der Waals surface area contributed by atoms with E-state index in [1.807, 2.05) is 35.0 Å². The lowest BCUT2D eigenvalue weighted by atomic mass is 10.3. The van der Waals surface area contributed by atoms with Crippen LogP contribution in [0.15, 0.2) is 30.6 Å². The van der Waals surface area contributed by atoms with Gasteiger partial charge in [0.1, 0.15) is 0 Å². The maximum atomic E-state index is 4.26. The quantitative estimate of drug-likeness (QED) is 0.788. The maximum Gasteiger partial charge on any atom is 0.0858 e. The first-order valence-electron chi connectivity index (χ1n) is 5.26. The van der Waals surface area contributed by atoms with Crippen LogP contribution in [-0.4, -0.2) is 20.0 Å². The molecule has 0 radical (unpaired) electrons. The first-order valence-corrected chi connectivity index (χ1v) is 5.26. The largest absolute Gasteiger partial charge is 0.263 e. The summed E-state index contributed by atoms with van der Waals surface area (Å²) in [6, 6.07) is 6.12. The molecule has 0 amide bonds. The normalized spacial score (nSPS) is 11.4. The van der Waals surface area contributed by atoms with Crippen LogP contribution < -0.4 is 0 Å². The van der Waals surface area contributed by atoms with E-state index in [0.29, 0.717) is 6.04 Å². The molecule has 0 aliphatic heterocycles. The first kappa shape index (κ1) is 10.5. The third-order valence-electron chi connectivity index (χ3n) is 2.21. The third kappa shape index (κ3) is 2.34. The molecular weight excluding hydrogens is 200 g/mol. The van der Waals surface area contributed by atoms with Gasteiger partial charge in [-0.1, -0.05) is 0 Å². The SMILES string of the molecule is CC(C)n1nccc1C=Cc1cccnn1. The van der Waals surface area contributed by atoms with Crippen LogP contribution in [-0.2, 0) is 0 Å². The predicted octanol–water partition coefficient (Wildman–Crippen LogP) is 2.42. The zero-order valence-corrected chi connectivity index (χ0v) is 9.41. The Kier molecular flexibility index (Phi) is 3.10. The van der Waals surface area contributed by atoms with Crippen LogP contribution in [0.25, 0.3) is 12.2 Å². The van der Waals surface area contributed by atoms with Crippen LogP contribution in [0.4, 0.5) is 0 Å². The van der Waals surface area contributed by atoms with E-state index in [9.17, 15) is 0 Å². The second-order valence-corrected chi connectivity index (χ2v) is 3.78. The standard InChI is InChI=1S/C12H14N4/c1-10(2)16-12(7-9-14-16)6-5-11-4-3-8-13-15-11/h3-10H,1-2H3. The summed E-state index contributed by atoms with van der Waals surface area (Å²) in [5, 5.41) is 12.1. The second-order valence-electron chi connectivity index (χ2n) is 3.78. The van der Waals surface area contributed by atoms with Gasteiger partial charge in [-0.2, -0.15) is 15.3 Å². The van der Waals surface area contributed by atoms with Crippen molar-refractivity contribution in [1.82, 2.24) is 20.0 Å². The fourth-order valence-electron chi connectivity index (χ4n) is 1.46. The molecule has 0 saturated heterocycles. The molecule has 2 aromatic heterocycles. The highest BCUT2D eigenvalue weighted by molar-refractivity contribution is 5.65. The Labute approximate surface area is 94.6 Å². The lowest BCUT2D eigenvalue weighted by molar-refractivity contribution is 0.528. The Morgan fingerprint density at radius 3 is 2.75 bits per heavy atom. The van der Waals surface area contributed by atoms with Crippen molar-refractivity contribution in [2.24, 2.45) is 0 Å². The van der Waals surface area contributed by atoms with Crippen LogP contribution in [0.5, 0.6) is 0 Å². The van der Waals surface area contributed by atoms with Gasteiger partial charge in [0.05, 0.1) is 11.4 Å². The molecule has 2 rings (SSSR count). The molecule has 0 aliphatic carbocycles. The minimum Gasteiger partial charge on any atom is -0.263 e. The van der Waals surface area contributed by atoms with E-state index in [4.69, 9.17) is 0 Å². The smallest absolute Gasteiger partial charge is 0.0858 e. The van der Waals surface area contributed by atoms with Crippen molar-refractivity contribution in [3.05, 3.63) is 42.0 Å². The van der Waals surface area contributed by atoms with Crippen LogP contribution in [0.1, 0.15) is 31.3 Å². The van der Waals surface area contributed by atoms with Crippen LogP contribution in [0.3, 0.4) is 0 Å². The molecule has 2 heterocycles. The average molecular weight is 214 g/mol. The molecule has 0 atom stereocenters. The van der Waals surface area contributed by atoms with E-state index in [-0.39, 0.29) is 0 Å². The van der Waals surface area contributed by atoms with Gasteiger partial charge in [0, 0.05) is 18.4 Å². The van der Waals surface area contributed by atoms with Crippen molar-refractivity contribution < 1.29 is 0 Å². The second kappa shape index (κ2) is 4.70. The van der Waals surface area contributed by atoms with Gasteiger partial charge in [0.2, 0.25) is 0 Å². The van der Waals surface area contributed by atoms with Gasteiger partial charge in [0.15, 0.2) is 0 Å². The van der Waals surface area contributed by atoms with Crippen LogP contribution in [0, 0.1) is 0 Å². The van der Waals surface area contributed by atoms with E-state index in [2.05, 4.69) is 29.1 Å². The zero-order chi connectivity index (χ0) is 11.4. The topological polar surface area (TPSA) is 43.6 Å². The average Bonchev–Trinajstić information content (AvgIpc) is 2.76. The monoisotopic (exact) mass is 214 g/mol. The van der Waals surface area contributed by atoms with Gasteiger partial charge < -0.3 is 0 Å². The van der Waals surface area contributed by atoms with E-state index in [0.717, 1.165) is 11.4 Å². The van der Waals surface area contributed by atoms with E-state index in [1.54, 1.807) is 12.4 Å². The lowest BCUT2D eigenvalue weighted by Crippen LogP contribution is -2.04. The van der Waals surface area contributed by atoms with Gasteiger partial charge in [0.25, 0.3) is 0 Å². The van der Waals surface area contributed by atoms with Gasteiger partial charge in [-0.15, -0.1) is 0 Å². The molecule has 0 spiro atoms. The molecule has 0 saturated carbocycles. The summed E-state index contributed by atoms with van der Waals surface area (Å²) in [5.41, 5.74) is 1.92. The molecule has 4 nitrogen and oxygen atoms in total. The number of aromatic nitrogens is 4. The maximum absolute atomic E-state index is 4.26. The molecule has 16 heavy (non-hydrogen) atoms. The predicted molar refractivity (Wildman–Crippen MR) is 63.6 cm³/mol. The molecule has 0 bridgehead atoms. The lowest BCUT2D eigenvalue weighted by Gasteiger charge is -2.07. The molecule has 0 N–H and O–H groups in total. The van der Waals surface area contributed by atoms with Crippen LogP contribution in [0.2, 0.25) is 0 Å². The first-order chi connectivity index (χ1) is 7.77. The van der Waals surface area contributed by atoms with E-state index in [1.165, 1.54) is 0 Å². The Balaban J connectivity index is 2.21. The van der Waals surface area contributed by atoms with Crippen molar-refractivity contribution in [2.75, 3.05) is 0 Å². The van der Waals surface area contributed by atoms with Crippen LogP contribution >= 0.6 is 0 Å². The fourth-order valence-corrected chi connectivity index (χ4v) is 1.46. The molecule has 82 valence electrons. The van der Waals surface area contributed by atoms with Crippen molar-refractivity contribution in [1.29, 1.82) is 0 Å². The Hall–Kier alpha value is -1.97. The molecular formula is C12H14N4. The summed E-state index contributed by atoms with van der Waals surface area (Å²) in [5.74, 6) is 0. The summed E-state index contributed by atoms with van der Waals surface area (Å²) in [6.07, 6.45) is 7.39. The summed E-state index contributed by atoms with van der Waals surface area (Å²) in [4.78, 5) is 0. The van der Waals surface area contributed by atoms with Crippen molar-refractivity contribution >= 4 is 12.2 Å². The molecule has 4 heteroatoms. The minimum absolute atomic E-state index is 0.358. The molecule has 0 aliphatic rings. The van der Waals surface area contributed by atoms with Crippen molar-refractivity contribution in [2.45, 2.75) is 19.9 Å². The number of rotatable bonds is 3. The van der Waals surface area contributed by atoms with Crippen molar-refractivity contribution in [3.63, 3.8) is 0 Å². The molecule has 0 aromatic carbocycles. The van der Waals surface area contributed by atoms with E-state index < -0.39 is 0 Å². The van der Waals surface area contributed by atoms with Gasteiger partial charge in [-0.05, 0) is 44.2 Å². The molecule has 2 aromatic rings.